The summed E-state index contributed by atoms with van der Waals surface area (Å²) >= 11 is 0. The van der Waals surface area contributed by atoms with Crippen LogP contribution in [0.25, 0.3) is 0 Å². The van der Waals surface area contributed by atoms with E-state index >= 15 is 0 Å². The smallest absolute Gasteiger partial charge is 0.341 e. The van der Waals surface area contributed by atoms with Crippen molar-refractivity contribution in [1.82, 2.24) is 0 Å². The van der Waals surface area contributed by atoms with Crippen LogP contribution in [-0.2, 0) is 16.3 Å². The number of ether oxygens (including phenoxy) is 1. The van der Waals surface area contributed by atoms with Crippen LogP contribution in [0.3, 0.4) is 0 Å². The number of hydrogen-bond acceptors (Lipinski definition) is 2. The molecule has 0 fully saturated rings. The van der Waals surface area contributed by atoms with Gasteiger partial charge in [-0.2, -0.15) is 0 Å². The zero-order valence-corrected chi connectivity index (χ0v) is 21.3. The number of benzene rings is 4. The summed E-state index contributed by atoms with van der Waals surface area (Å²) in [6.07, 6.45) is 0.819. The highest BCUT2D eigenvalue weighted by atomic mass is 31.2. The Morgan fingerprint density at radius 1 is 0.706 bits per heavy atom. The summed E-state index contributed by atoms with van der Waals surface area (Å²) in [6.45, 7) is 6.71. The van der Waals surface area contributed by atoms with Gasteiger partial charge in [0.25, 0.3) is 0 Å². The molecule has 4 aromatic carbocycles. The fraction of sp³-hybridized carbons (Fsp3) is 0.194. The van der Waals surface area contributed by atoms with Gasteiger partial charge < -0.3 is 4.74 Å². The first-order valence-electron chi connectivity index (χ1n) is 11.6. The summed E-state index contributed by atoms with van der Waals surface area (Å²) in [5.41, 5.74) is 3.31. The molecule has 3 heteroatoms. The van der Waals surface area contributed by atoms with Gasteiger partial charge in [-0.1, -0.05) is 93.6 Å². The Morgan fingerprint density at radius 2 is 1.21 bits per heavy atom. The van der Waals surface area contributed by atoms with Crippen LogP contribution in [0.5, 0.6) is 0 Å². The van der Waals surface area contributed by atoms with E-state index in [4.69, 9.17) is 4.74 Å². The molecule has 0 bridgehead atoms. The Kier molecular flexibility index (Phi) is 7.00. The Hall–Kier alpha value is -3.22. The molecule has 4 rings (SSSR count). The lowest BCUT2D eigenvalue weighted by molar-refractivity contribution is 0.0602. The summed E-state index contributed by atoms with van der Waals surface area (Å²) in [6, 6.07) is 38.2. The van der Waals surface area contributed by atoms with Crippen LogP contribution < -0.4 is 15.9 Å². The molecule has 0 N–H and O–H groups in total. The largest absolute Gasteiger partial charge is 0.465 e. The minimum atomic E-state index is -2.24. The Labute approximate surface area is 204 Å². The Bertz CT molecular complexity index is 1200. The zero-order valence-electron chi connectivity index (χ0n) is 20.4. The van der Waals surface area contributed by atoms with Gasteiger partial charge >= 0.3 is 5.97 Å². The minimum Gasteiger partial charge on any atom is -0.465 e. The average molecular weight is 468 g/mol. The molecule has 2 nitrogen and oxygen atoms in total. The molecular formula is C31H32O2P+. The van der Waals surface area contributed by atoms with E-state index in [0.29, 0.717) is 5.56 Å². The van der Waals surface area contributed by atoms with Crippen molar-refractivity contribution < 1.29 is 9.53 Å². The predicted octanol–water partition coefficient (Wildman–Crippen LogP) is 6.26. The van der Waals surface area contributed by atoms with Gasteiger partial charge in [0, 0.05) is 0 Å². The molecule has 0 heterocycles. The number of hydrogen-bond donors (Lipinski definition) is 0. The minimum absolute atomic E-state index is 0.0983. The summed E-state index contributed by atoms with van der Waals surface area (Å²) in [5, 5.41) is 3.55. The fourth-order valence-electron chi connectivity index (χ4n) is 4.53. The van der Waals surface area contributed by atoms with Crippen molar-refractivity contribution in [1.29, 1.82) is 0 Å². The molecule has 0 atom stereocenters. The first-order chi connectivity index (χ1) is 16.4. The first-order valence-corrected chi connectivity index (χ1v) is 13.6. The van der Waals surface area contributed by atoms with E-state index < -0.39 is 7.26 Å². The van der Waals surface area contributed by atoms with Crippen LogP contribution in [-0.4, -0.2) is 13.1 Å². The molecule has 0 saturated heterocycles. The van der Waals surface area contributed by atoms with Gasteiger partial charge in [-0.15, -0.1) is 0 Å². The highest BCUT2D eigenvalue weighted by Gasteiger charge is 2.48. The van der Waals surface area contributed by atoms with Crippen molar-refractivity contribution in [2.75, 3.05) is 7.11 Å². The van der Waals surface area contributed by atoms with Gasteiger partial charge in [0.05, 0.1) is 13.3 Å². The van der Waals surface area contributed by atoms with Crippen molar-refractivity contribution in [3.8, 4) is 0 Å². The number of esters is 1. The van der Waals surface area contributed by atoms with Crippen LogP contribution in [0.2, 0.25) is 0 Å². The van der Waals surface area contributed by atoms with Crippen LogP contribution in [0.15, 0.2) is 109 Å². The van der Waals surface area contributed by atoms with E-state index in [1.807, 2.05) is 30.3 Å². The summed E-state index contributed by atoms with van der Waals surface area (Å²) in [7, 11) is -0.783. The van der Waals surface area contributed by atoms with Crippen LogP contribution in [0.4, 0.5) is 0 Å². The van der Waals surface area contributed by atoms with Crippen LogP contribution in [0.1, 0.15) is 42.3 Å². The van der Waals surface area contributed by atoms with E-state index in [1.165, 1.54) is 28.8 Å². The van der Waals surface area contributed by atoms with E-state index in [2.05, 4.69) is 99.6 Å². The fourth-order valence-corrected chi connectivity index (χ4v) is 8.96. The molecule has 0 saturated carbocycles. The number of carbonyl (C=O) groups is 1. The van der Waals surface area contributed by atoms with Crippen molar-refractivity contribution in [3.63, 3.8) is 0 Å². The second-order valence-electron chi connectivity index (χ2n) is 9.59. The average Bonchev–Trinajstić information content (AvgIpc) is 2.87. The lowest BCUT2D eigenvalue weighted by atomic mass is 9.87. The lowest BCUT2D eigenvalue weighted by Crippen LogP contribution is -2.35. The molecular weight excluding hydrogens is 435 g/mol. The van der Waals surface area contributed by atoms with Gasteiger partial charge in [0.1, 0.15) is 28.7 Å². The second kappa shape index (κ2) is 9.95. The summed E-state index contributed by atoms with van der Waals surface area (Å²) in [5.74, 6) is -0.296. The molecule has 34 heavy (non-hydrogen) atoms. The number of carbonyl (C=O) groups excluding carboxylic acids is 1. The highest BCUT2D eigenvalue weighted by Crippen LogP contribution is 2.58. The molecule has 0 amide bonds. The SMILES string of the molecule is COC(=O)c1ccccc1[P+](Cc1ccc(C(C)(C)C)cc1)(c1ccccc1)c1ccccc1. The molecule has 0 aliphatic carbocycles. The standard InChI is InChI=1S/C31H32O2P/c1-31(2,3)25-21-19-24(20-22-25)23-34(26-13-7-5-8-14-26,27-15-9-6-10-16-27)29-18-12-11-17-28(29)30(32)33-4/h5-22H,23H2,1-4H3/q+1. The molecule has 0 unspecified atom stereocenters. The lowest BCUT2D eigenvalue weighted by Gasteiger charge is -2.29. The van der Waals surface area contributed by atoms with Gasteiger partial charge in [0.15, 0.2) is 0 Å². The maximum absolute atomic E-state index is 12.9. The van der Waals surface area contributed by atoms with Crippen molar-refractivity contribution >= 4 is 29.1 Å². The van der Waals surface area contributed by atoms with E-state index in [0.717, 1.165) is 11.5 Å². The van der Waals surface area contributed by atoms with Gasteiger partial charge in [0.2, 0.25) is 0 Å². The second-order valence-corrected chi connectivity index (χ2v) is 13.0. The topological polar surface area (TPSA) is 26.3 Å². The molecule has 0 aliphatic heterocycles. The van der Waals surface area contributed by atoms with Gasteiger partial charge in [-0.05, 0) is 52.9 Å². The maximum Gasteiger partial charge on any atom is 0.341 e. The number of rotatable bonds is 6. The first kappa shape index (κ1) is 23.9. The normalized spacial score (nSPS) is 11.8. The third-order valence-corrected chi connectivity index (χ3v) is 10.8. The van der Waals surface area contributed by atoms with Crippen LogP contribution >= 0.6 is 7.26 Å². The summed E-state index contributed by atoms with van der Waals surface area (Å²) in [4.78, 5) is 12.9. The highest BCUT2D eigenvalue weighted by molar-refractivity contribution is 7.95. The van der Waals surface area contributed by atoms with Crippen molar-refractivity contribution in [2.24, 2.45) is 0 Å². The summed E-state index contributed by atoms with van der Waals surface area (Å²) < 4.78 is 5.23. The third kappa shape index (κ3) is 4.69. The molecule has 0 aromatic heterocycles. The van der Waals surface area contributed by atoms with E-state index in [-0.39, 0.29) is 11.4 Å². The third-order valence-electron chi connectivity index (χ3n) is 6.35. The molecule has 0 spiro atoms. The molecule has 0 radical (unpaired) electrons. The molecule has 172 valence electrons. The van der Waals surface area contributed by atoms with Crippen molar-refractivity contribution in [3.05, 3.63) is 126 Å². The maximum atomic E-state index is 12.9. The number of methoxy groups -OCH3 is 1. The molecule has 0 aliphatic rings. The van der Waals surface area contributed by atoms with E-state index in [9.17, 15) is 4.79 Å². The van der Waals surface area contributed by atoms with Crippen molar-refractivity contribution in [2.45, 2.75) is 32.3 Å². The van der Waals surface area contributed by atoms with Crippen LogP contribution in [0, 0.1) is 0 Å². The Morgan fingerprint density at radius 3 is 1.71 bits per heavy atom. The van der Waals surface area contributed by atoms with Gasteiger partial charge in [-0.3, -0.25) is 0 Å². The quantitative estimate of drug-likeness (QED) is 0.247. The molecule has 4 aromatic rings. The van der Waals surface area contributed by atoms with Gasteiger partial charge in [-0.25, -0.2) is 4.79 Å². The Balaban J connectivity index is 2.00. The monoisotopic (exact) mass is 467 g/mol. The predicted molar refractivity (Wildman–Crippen MR) is 145 cm³/mol. The zero-order chi connectivity index (χ0) is 24.2. The van der Waals surface area contributed by atoms with E-state index in [1.54, 1.807) is 0 Å².